The third-order valence-electron chi connectivity index (χ3n) is 5.33. The molecule has 0 spiro atoms. The molecule has 3 nitrogen and oxygen atoms in total. The van der Waals surface area contributed by atoms with Gasteiger partial charge in [0, 0.05) is 16.9 Å². The van der Waals surface area contributed by atoms with Crippen molar-refractivity contribution in [3.05, 3.63) is 12.2 Å². The molecule has 0 radical (unpaired) electrons. The first kappa shape index (κ1) is 12.6. The van der Waals surface area contributed by atoms with Gasteiger partial charge in [0.2, 0.25) is 0 Å². The van der Waals surface area contributed by atoms with Crippen molar-refractivity contribution in [1.82, 2.24) is 0 Å². The van der Waals surface area contributed by atoms with E-state index in [1.54, 1.807) is 6.92 Å². The van der Waals surface area contributed by atoms with Crippen LogP contribution in [0.4, 0.5) is 0 Å². The Bertz CT molecular complexity index is 372. The fourth-order valence-electron chi connectivity index (χ4n) is 3.62. The second-order valence-electron chi connectivity index (χ2n) is 6.38. The first-order chi connectivity index (χ1) is 7.72. The molecule has 0 amide bonds. The van der Waals surface area contributed by atoms with Crippen LogP contribution in [0.2, 0.25) is 0 Å². The Labute approximate surface area is 103 Å². The molecule has 4 atom stereocenters. The summed E-state index contributed by atoms with van der Waals surface area (Å²) < 4.78 is 5.43. The average Bonchev–Trinajstić information content (AvgIpc) is 2.52. The van der Waals surface area contributed by atoms with Crippen LogP contribution in [-0.4, -0.2) is 23.3 Å². The van der Waals surface area contributed by atoms with Gasteiger partial charge in [0.15, 0.2) is 0 Å². The van der Waals surface area contributed by atoms with Crippen molar-refractivity contribution in [2.24, 2.45) is 16.7 Å². The van der Waals surface area contributed by atoms with Crippen molar-refractivity contribution in [2.75, 3.05) is 0 Å². The van der Waals surface area contributed by atoms with Gasteiger partial charge < -0.3 is 9.84 Å². The van der Waals surface area contributed by atoms with Crippen molar-refractivity contribution in [1.29, 1.82) is 0 Å². The lowest BCUT2D eigenvalue weighted by Gasteiger charge is -2.36. The van der Waals surface area contributed by atoms with Gasteiger partial charge >= 0.3 is 5.97 Å². The van der Waals surface area contributed by atoms with Gasteiger partial charge in [-0.2, -0.15) is 0 Å². The van der Waals surface area contributed by atoms with Gasteiger partial charge in [-0.1, -0.05) is 27.4 Å². The standard InChI is InChI=1S/C14H22O3/c1-8(2)12(16)17-10-9-6-7-14(5,11(10)15)13(9,3)4/h9-11,15H,1,6-7H2,2-5H3. The lowest BCUT2D eigenvalue weighted by molar-refractivity contribution is -0.156. The summed E-state index contributed by atoms with van der Waals surface area (Å²) in [5.74, 6) is -0.133. The largest absolute Gasteiger partial charge is 0.456 e. The van der Waals surface area contributed by atoms with E-state index in [4.69, 9.17) is 4.74 Å². The SMILES string of the molecule is C=C(C)C(=O)OC1C2CCC(C)(C1O)C2(C)C. The van der Waals surface area contributed by atoms with Crippen molar-refractivity contribution >= 4 is 5.97 Å². The van der Waals surface area contributed by atoms with E-state index in [9.17, 15) is 9.90 Å². The third kappa shape index (κ3) is 1.48. The van der Waals surface area contributed by atoms with Gasteiger partial charge in [0.1, 0.15) is 6.10 Å². The molecule has 2 bridgehead atoms. The Morgan fingerprint density at radius 1 is 1.41 bits per heavy atom. The monoisotopic (exact) mass is 238 g/mol. The highest BCUT2D eigenvalue weighted by atomic mass is 16.6. The average molecular weight is 238 g/mol. The fraction of sp³-hybridized carbons (Fsp3) is 0.786. The van der Waals surface area contributed by atoms with Crippen molar-refractivity contribution in [3.63, 3.8) is 0 Å². The van der Waals surface area contributed by atoms with Crippen LogP contribution in [0.3, 0.4) is 0 Å². The van der Waals surface area contributed by atoms with Crippen LogP contribution in [0.15, 0.2) is 12.2 Å². The molecule has 1 N–H and O–H groups in total. The van der Waals surface area contributed by atoms with Gasteiger partial charge in [0.25, 0.3) is 0 Å². The summed E-state index contributed by atoms with van der Waals surface area (Å²) >= 11 is 0. The van der Waals surface area contributed by atoms with Crippen LogP contribution in [0.1, 0.15) is 40.5 Å². The number of carbonyl (C=O) groups excluding carboxylic acids is 1. The Morgan fingerprint density at radius 3 is 2.41 bits per heavy atom. The molecule has 2 saturated carbocycles. The molecule has 0 aromatic heterocycles. The molecule has 2 fully saturated rings. The Morgan fingerprint density at radius 2 is 2.00 bits per heavy atom. The van der Waals surface area contributed by atoms with Crippen LogP contribution in [0.25, 0.3) is 0 Å². The summed E-state index contributed by atoms with van der Waals surface area (Å²) in [6.45, 7) is 11.7. The maximum Gasteiger partial charge on any atom is 0.333 e. The molecule has 0 aliphatic heterocycles. The number of hydrogen-bond donors (Lipinski definition) is 1. The van der Waals surface area contributed by atoms with Gasteiger partial charge in [-0.05, 0) is 25.2 Å². The second-order valence-corrected chi connectivity index (χ2v) is 6.38. The predicted octanol–water partition coefficient (Wildman–Crippen LogP) is 2.29. The lowest BCUT2D eigenvalue weighted by atomic mass is 9.70. The minimum atomic E-state index is -0.556. The molecule has 0 aromatic carbocycles. The van der Waals surface area contributed by atoms with Crippen LogP contribution < -0.4 is 0 Å². The molecule has 2 aliphatic rings. The molecule has 2 aliphatic carbocycles. The minimum Gasteiger partial charge on any atom is -0.456 e. The van der Waals surface area contributed by atoms with Crippen LogP contribution in [0, 0.1) is 16.7 Å². The normalized spacial score (nSPS) is 42.5. The molecule has 17 heavy (non-hydrogen) atoms. The molecule has 3 heteroatoms. The fourth-order valence-corrected chi connectivity index (χ4v) is 3.62. The first-order valence-electron chi connectivity index (χ1n) is 6.26. The molecule has 0 saturated heterocycles. The van der Waals surface area contributed by atoms with E-state index in [2.05, 4.69) is 27.4 Å². The zero-order valence-corrected chi connectivity index (χ0v) is 11.1. The molecule has 0 heterocycles. The number of esters is 1. The van der Waals surface area contributed by atoms with Crippen molar-refractivity contribution in [3.8, 4) is 0 Å². The maximum absolute atomic E-state index is 11.6. The summed E-state index contributed by atoms with van der Waals surface area (Å²) in [4.78, 5) is 11.6. The van der Waals surface area contributed by atoms with Gasteiger partial charge in [0.05, 0.1) is 6.10 Å². The topological polar surface area (TPSA) is 46.5 Å². The third-order valence-corrected chi connectivity index (χ3v) is 5.33. The number of ether oxygens (including phenoxy) is 1. The van der Waals surface area contributed by atoms with E-state index < -0.39 is 6.10 Å². The van der Waals surface area contributed by atoms with E-state index in [0.29, 0.717) is 5.57 Å². The number of hydrogen-bond acceptors (Lipinski definition) is 3. The number of aliphatic hydroxyl groups excluding tert-OH is 1. The number of carbonyl (C=O) groups is 1. The van der Waals surface area contributed by atoms with Crippen LogP contribution in [0.5, 0.6) is 0 Å². The van der Waals surface area contributed by atoms with Crippen LogP contribution in [-0.2, 0) is 9.53 Å². The van der Waals surface area contributed by atoms with Crippen molar-refractivity contribution in [2.45, 2.75) is 52.7 Å². The van der Waals surface area contributed by atoms with Gasteiger partial charge in [-0.3, -0.25) is 0 Å². The molecule has 2 rings (SSSR count). The molecule has 4 unspecified atom stereocenters. The summed E-state index contributed by atoms with van der Waals surface area (Å²) in [5, 5.41) is 10.4. The minimum absolute atomic E-state index is 0.0203. The van der Waals surface area contributed by atoms with E-state index >= 15 is 0 Å². The Hall–Kier alpha value is -0.830. The molecule has 0 aromatic rings. The summed E-state index contributed by atoms with van der Waals surface area (Å²) in [6.07, 6.45) is 1.11. The van der Waals surface area contributed by atoms with E-state index in [-0.39, 0.29) is 28.8 Å². The summed E-state index contributed by atoms with van der Waals surface area (Å²) in [6, 6.07) is 0. The van der Waals surface area contributed by atoms with Gasteiger partial charge in [-0.15, -0.1) is 0 Å². The zero-order chi connectivity index (χ0) is 13.0. The highest BCUT2D eigenvalue weighted by molar-refractivity contribution is 5.87. The Balaban J connectivity index is 2.23. The number of aliphatic hydroxyl groups is 1. The highest BCUT2D eigenvalue weighted by Gasteiger charge is 2.67. The van der Waals surface area contributed by atoms with Crippen LogP contribution >= 0.6 is 0 Å². The first-order valence-corrected chi connectivity index (χ1v) is 6.26. The smallest absolute Gasteiger partial charge is 0.333 e. The number of fused-ring (bicyclic) bond motifs is 2. The van der Waals surface area contributed by atoms with E-state index in [1.807, 2.05) is 0 Å². The highest BCUT2D eigenvalue weighted by Crippen LogP contribution is 2.66. The Kier molecular flexibility index (Phi) is 2.66. The summed E-state index contributed by atoms with van der Waals surface area (Å²) in [5.41, 5.74) is 0.271. The van der Waals surface area contributed by atoms with Gasteiger partial charge in [-0.25, -0.2) is 4.79 Å². The predicted molar refractivity (Wildman–Crippen MR) is 65.3 cm³/mol. The molecule has 96 valence electrons. The lowest BCUT2D eigenvalue weighted by Crippen LogP contribution is -2.41. The van der Waals surface area contributed by atoms with Crippen molar-refractivity contribution < 1.29 is 14.6 Å². The zero-order valence-electron chi connectivity index (χ0n) is 11.1. The summed E-state index contributed by atoms with van der Waals surface area (Å²) in [7, 11) is 0. The quantitative estimate of drug-likeness (QED) is 0.593. The van der Waals surface area contributed by atoms with E-state index in [0.717, 1.165) is 12.8 Å². The molecular weight excluding hydrogens is 216 g/mol. The second kappa shape index (κ2) is 3.58. The number of rotatable bonds is 2. The maximum atomic E-state index is 11.6. The van der Waals surface area contributed by atoms with E-state index in [1.165, 1.54) is 0 Å². The molecular formula is C14H22O3.